The predicted octanol–water partition coefficient (Wildman–Crippen LogP) is 11.8. The third kappa shape index (κ3) is 11.1. The maximum atomic E-state index is 5.83. The summed E-state index contributed by atoms with van der Waals surface area (Å²) in [6, 6.07) is 4.49. The van der Waals surface area contributed by atoms with E-state index in [0.29, 0.717) is 0 Å². The first kappa shape index (κ1) is 34.9. The Balaban J connectivity index is 0.000000196. The third-order valence-electron chi connectivity index (χ3n) is 10.1. The average Bonchev–Trinajstić information content (AvgIpc) is 3.45. The molecule has 0 spiro atoms. The first-order valence-electron chi connectivity index (χ1n) is 17.3. The molecule has 1 aromatic rings. The van der Waals surface area contributed by atoms with Crippen LogP contribution in [0.2, 0.25) is 0 Å². The molecule has 240 valence electrons. The van der Waals surface area contributed by atoms with Crippen molar-refractivity contribution in [2.24, 2.45) is 0 Å². The van der Waals surface area contributed by atoms with Crippen molar-refractivity contribution in [2.75, 3.05) is 11.4 Å². The van der Waals surface area contributed by atoms with Crippen molar-refractivity contribution in [3.05, 3.63) is 47.9 Å². The summed E-state index contributed by atoms with van der Waals surface area (Å²) in [5.74, 6) is 0. The summed E-state index contributed by atoms with van der Waals surface area (Å²) >= 11 is -1.55. The van der Waals surface area contributed by atoms with Crippen LogP contribution in [0.25, 0.3) is 0 Å². The second-order valence-electron chi connectivity index (χ2n) is 13.5. The summed E-state index contributed by atoms with van der Waals surface area (Å²) in [5.41, 5.74) is 8.94. The summed E-state index contributed by atoms with van der Waals surface area (Å²) in [6.45, 7) is 9.76. The molecule has 3 saturated carbocycles. The Kier molecular flexibility index (Phi) is 15.7. The molecule has 1 aromatic carbocycles. The molecule has 0 saturated heterocycles. The normalized spacial score (nSPS) is 21.0. The van der Waals surface area contributed by atoms with Gasteiger partial charge in [-0.1, -0.05) is 24.8 Å². The molecule has 4 aliphatic rings. The molecule has 3 fully saturated rings. The second kappa shape index (κ2) is 18.9. The van der Waals surface area contributed by atoms with Crippen LogP contribution in [0.4, 0.5) is 5.69 Å². The van der Waals surface area contributed by atoms with Crippen molar-refractivity contribution in [3.63, 3.8) is 0 Å². The Labute approximate surface area is 273 Å². The van der Waals surface area contributed by atoms with E-state index in [1.807, 2.05) is 0 Å². The number of hydrogen-bond acceptors (Lipinski definition) is 2. The van der Waals surface area contributed by atoms with Crippen LogP contribution in [0, 0.1) is 27.4 Å². The molecule has 2 nitrogen and oxygen atoms in total. The maximum absolute atomic E-state index is 5.83. The fourth-order valence-corrected chi connectivity index (χ4v) is 15.2. The molecule has 5 rings (SSSR count). The van der Waals surface area contributed by atoms with Gasteiger partial charge in [-0.3, -0.25) is 0 Å². The molecule has 0 unspecified atom stereocenters. The van der Waals surface area contributed by atoms with Crippen LogP contribution >= 0.6 is 27.3 Å². The Morgan fingerprint density at radius 3 is 1.71 bits per heavy atom. The van der Waals surface area contributed by atoms with Crippen molar-refractivity contribution < 1.29 is 13.5 Å². The molecule has 1 aliphatic heterocycles. The molecule has 1 heterocycles. The number of halogens is 2. The Bertz CT molecular complexity index is 926. The van der Waals surface area contributed by atoms with Crippen LogP contribution in [0.3, 0.4) is 0 Å². The van der Waals surface area contributed by atoms with Crippen LogP contribution in [-0.2, 0) is 13.5 Å². The summed E-state index contributed by atoms with van der Waals surface area (Å²) in [6.07, 6.45) is 32.7. The number of benzene rings is 1. The number of unbranched alkanes of at least 4 members (excludes halogenated alkanes) is 3. The zero-order valence-electron chi connectivity index (χ0n) is 26.8. The van der Waals surface area contributed by atoms with E-state index >= 15 is 0 Å². The summed E-state index contributed by atoms with van der Waals surface area (Å²) in [4.78, 5) is 4.50. The third-order valence-corrected chi connectivity index (χ3v) is 17.0. The predicted molar refractivity (Wildman–Crippen MR) is 188 cm³/mol. The van der Waals surface area contributed by atoms with E-state index in [1.54, 1.807) is 96.3 Å². The van der Waals surface area contributed by atoms with Crippen molar-refractivity contribution >= 4 is 37.6 Å². The van der Waals surface area contributed by atoms with E-state index in [2.05, 4.69) is 66.4 Å². The van der Waals surface area contributed by atoms with E-state index in [9.17, 15) is 0 Å². The van der Waals surface area contributed by atoms with Gasteiger partial charge in [0.1, 0.15) is 0 Å². The summed E-state index contributed by atoms with van der Waals surface area (Å²) in [7, 11) is 11.6. The van der Waals surface area contributed by atoms with Crippen LogP contribution in [0.5, 0.6) is 0 Å². The number of nitrogens with zero attached hydrogens (tertiary/aromatic N) is 2. The number of aryl methyl sites for hydroxylation is 3. The van der Waals surface area contributed by atoms with Gasteiger partial charge in [0.15, 0.2) is 0 Å². The Morgan fingerprint density at radius 1 is 0.738 bits per heavy atom. The molecule has 6 heteroatoms. The minimum atomic E-state index is -1.55. The standard InChI is InChI=1S/C18H25N2.C18H33P.2ClH.Ru/c1-5-6-7-8-9-19-10-11-20(14-19)18-16(3)12-15(2)13-17(18)4;1-4-10-16(11-5-1)19(17-12-6-2-7-13-17)18-14-8-3-9-15-18;;;/h1,10-14H,5-9H2,2-4H3;16-18H,1-15H2;2*1H;/q-1;;;;+2/p-1. The average molecular weight is 723 g/mol. The quantitative estimate of drug-likeness (QED) is 0.103. The molecule has 42 heavy (non-hydrogen) atoms. The van der Waals surface area contributed by atoms with Gasteiger partial charge in [0, 0.05) is 7.92 Å². The van der Waals surface area contributed by atoms with Crippen LogP contribution in [0.15, 0.2) is 24.5 Å². The van der Waals surface area contributed by atoms with Gasteiger partial charge in [-0.15, -0.1) is 0 Å². The van der Waals surface area contributed by atoms with E-state index in [-0.39, 0.29) is 7.92 Å². The van der Waals surface area contributed by atoms with Gasteiger partial charge in [0.05, 0.1) is 17.0 Å². The monoisotopic (exact) mass is 722 g/mol. The van der Waals surface area contributed by atoms with E-state index in [1.165, 1.54) is 58.6 Å². The molecule has 0 atom stereocenters. The van der Waals surface area contributed by atoms with Gasteiger partial charge in [-0.05, 0) is 84.0 Å². The van der Waals surface area contributed by atoms with Gasteiger partial charge in [-0.25, -0.2) is 0 Å². The molecule has 0 amide bonds. The fourth-order valence-electron chi connectivity index (χ4n) is 8.31. The zero-order valence-corrected chi connectivity index (χ0v) is 31.1. The number of hydrogen-bond donors (Lipinski definition) is 0. The van der Waals surface area contributed by atoms with Gasteiger partial charge in [-0.2, -0.15) is 0 Å². The van der Waals surface area contributed by atoms with Crippen LogP contribution in [-0.4, -0.2) is 33.0 Å². The van der Waals surface area contributed by atoms with Crippen molar-refractivity contribution in [1.29, 1.82) is 0 Å². The van der Waals surface area contributed by atoms with Gasteiger partial charge in [0.2, 0.25) is 0 Å². The van der Waals surface area contributed by atoms with E-state index in [4.69, 9.17) is 19.4 Å². The zero-order chi connectivity index (χ0) is 29.7. The summed E-state index contributed by atoms with van der Waals surface area (Å²) < 4.78 is 2.10. The van der Waals surface area contributed by atoms with Gasteiger partial charge in [0.25, 0.3) is 0 Å². The van der Waals surface area contributed by atoms with E-state index in [0.717, 1.165) is 13.0 Å². The Morgan fingerprint density at radius 2 is 1.24 bits per heavy atom. The number of anilines is 1. The molecule has 3 aliphatic carbocycles. The second-order valence-corrected chi connectivity index (χ2v) is 22.9. The van der Waals surface area contributed by atoms with Gasteiger partial charge < -0.3 is 0 Å². The topological polar surface area (TPSA) is 6.48 Å². The van der Waals surface area contributed by atoms with Crippen LogP contribution in [0.1, 0.15) is 139 Å². The first-order valence-corrected chi connectivity index (χ1v) is 24.5. The van der Waals surface area contributed by atoms with Crippen molar-refractivity contribution in [2.45, 2.75) is 160 Å². The van der Waals surface area contributed by atoms with Crippen molar-refractivity contribution in [1.82, 2.24) is 4.90 Å². The molecule has 0 N–H and O–H groups in total. The van der Waals surface area contributed by atoms with E-state index < -0.39 is 13.5 Å². The first-order chi connectivity index (χ1) is 20.4. The fraction of sp³-hybridized carbons (Fsp3) is 0.722. The molecule has 0 aromatic heterocycles. The van der Waals surface area contributed by atoms with Gasteiger partial charge >= 0.3 is 141 Å². The Hall–Kier alpha value is 0.0634. The SMILES string of the molecule is C1CCC([PH+](C2CCCCC2)C2CCCCC2)CC1.Cc1cc(C)c(N2C=CN(CCCCC[CH]=[Ru]([Cl])[Cl])[CH-]2)c(C)c1. The van der Waals surface area contributed by atoms with Crippen molar-refractivity contribution in [3.8, 4) is 0 Å². The molecular formula is C36H59Cl2N2PRu. The van der Waals surface area contributed by atoms with Crippen LogP contribution < -0.4 is 4.90 Å². The number of rotatable bonds is 10. The molecule has 0 bridgehead atoms. The molecular weight excluding hydrogens is 663 g/mol. The molecule has 0 radical (unpaired) electrons. The summed E-state index contributed by atoms with van der Waals surface area (Å²) in [5, 5.41) is 0. The minimum absolute atomic E-state index is 0.0465.